The number of phenols is 3. The zero-order chi connectivity index (χ0) is 16.3. The van der Waals surface area contributed by atoms with E-state index in [1.807, 2.05) is 0 Å². The Morgan fingerprint density at radius 2 is 1.64 bits per heavy atom. The Labute approximate surface area is 125 Å². The number of carbonyl (C=O) groups is 1. The predicted molar refractivity (Wildman–Crippen MR) is 80.7 cm³/mol. The van der Waals surface area contributed by atoms with Crippen molar-refractivity contribution in [2.24, 2.45) is 5.10 Å². The van der Waals surface area contributed by atoms with E-state index in [0.29, 0.717) is 11.4 Å². The van der Waals surface area contributed by atoms with Crippen LogP contribution in [0, 0.1) is 0 Å². The number of phenolic OH excluding ortho intramolecular Hbond substituents is 3. The van der Waals surface area contributed by atoms with E-state index >= 15 is 0 Å². The van der Waals surface area contributed by atoms with E-state index in [4.69, 9.17) is 5.11 Å². The SMILES string of the molecule is C/C(=N/Nc1ccc(C(=O)O)cc1)c1ccc(O)c(O)c1O. The molecule has 22 heavy (non-hydrogen) atoms. The van der Waals surface area contributed by atoms with Crippen LogP contribution in [0.2, 0.25) is 0 Å². The van der Waals surface area contributed by atoms with Gasteiger partial charge in [0, 0.05) is 5.56 Å². The van der Waals surface area contributed by atoms with Crippen molar-refractivity contribution in [1.82, 2.24) is 0 Å². The van der Waals surface area contributed by atoms with Gasteiger partial charge < -0.3 is 20.4 Å². The number of anilines is 1. The molecule has 0 aromatic heterocycles. The van der Waals surface area contributed by atoms with E-state index in [0.717, 1.165) is 0 Å². The van der Waals surface area contributed by atoms with Crippen molar-refractivity contribution in [3.05, 3.63) is 47.5 Å². The Bertz CT molecular complexity index is 738. The third-order valence-electron chi connectivity index (χ3n) is 3.00. The topological polar surface area (TPSA) is 122 Å². The quantitative estimate of drug-likeness (QED) is 0.335. The molecule has 7 nitrogen and oxygen atoms in total. The summed E-state index contributed by atoms with van der Waals surface area (Å²) < 4.78 is 0. The van der Waals surface area contributed by atoms with Gasteiger partial charge in [-0.25, -0.2) is 4.79 Å². The number of nitrogens with one attached hydrogen (secondary N) is 1. The first kappa shape index (κ1) is 15.2. The lowest BCUT2D eigenvalue weighted by molar-refractivity contribution is 0.0697. The number of hydrazone groups is 1. The summed E-state index contributed by atoms with van der Waals surface area (Å²) in [5.74, 6) is -2.52. The van der Waals surface area contributed by atoms with Gasteiger partial charge in [-0.2, -0.15) is 5.10 Å². The molecule has 0 radical (unpaired) electrons. The molecule has 0 aliphatic rings. The van der Waals surface area contributed by atoms with Crippen molar-refractivity contribution in [2.45, 2.75) is 6.92 Å². The number of hydrogen-bond donors (Lipinski definition) is 5. The van der Waals surface area contributed by atoms with E-state index < -0.39 is 23.2 Å². The lowest BCUT2D eigenvalue weighted by Crippen LogP contribution is -2.01. The third kappa shape index (κ3) is 3.09. The van der Waals surface area contributed by atoms with Gasteiger partial charge in [0.25, 0.3) is 0 Å². The lowest BCUT2D eigenvalue weighted by Gasteiger charge is -2.08. The van der Waals surface area contributed by atoms with Crippen molar-refractivity contribution in [3.8, 4) is 17.2 Å². The molecule has 0 aliphatic heterocycles. The second-order valence-electron chi connectivity index (χ2n) is 4.52. The number of carboxylic acids is 1. The van der Waals surface area contributed by atoms with E-state index in [9.17, 15) is 20.1 Å². The van der Waals surface area contributed by atoms with Crippen LogP contribution in [0.25, 0.3) is 0 Å². The highest BCUT2D eigenvalue weighted by molar-refractivity contribution is 6.02. The van der Waals surface area contributed by atoms with E-state index in [1.165, 1.54) is 24.3 Å². The summed E-state index contributed by atoms with van der Waals surface area (Å²) in [6.45, 7) is 1.60. The van der Waals surface area contributed by atoms with Crippen LogP contribution in [-0.4, -0.2) is 32.1 Å². The second kappa shape index (κ2) is 6.04. The van der Waals surface area contributed by atoms with Gasteiger partial charge in [-0.05, 0) is 43.3 Å². The minimum Gasteiger partial charge on any atom is -0.504 e. The van der Waals surface area contributed by atoms with E-state index in [-0.39, 0.29) is 11.1 Å². The highest BCUT2D eigenvalue weighted by atomic mass is 16.4. The van der Waals surface area contributed by atoms with Crippen molar-refractivity contribution >= 4 is 17.4 Å². The summed E-state index contributed by atoms with van der Waals surface area (Å²) in [6, 6.07) is 8.62. The van der Waals surface area contributed by atoms with Gasteiger partial charge in [0.15, 0.2) is 11.5 Å². The summed E-state index contributed by atoms with van der Waals surface area (Å²) in [5.41, 5.74) is 4.06. The molecular weight excluding hydrogens is 288 g/mol. The predicted octanol–water partition coefficient (Wildman–Crippen LogP) is 2.34. The van der Waals surface area contributed by atoms with Gasteiger partial charge >= 0.3 is 5.97 Å². The largest absolute Gasteiger partial charge is 0.504 e. The number of rotatable bonds is 4. The zero-order valence-electron chi connectivity index (χ0n) is 11.6. The number of hydrogen-bond acceptors (Lipinski definition) is 6. The van der Waals surface area contributed by atoms with Crippen LogP contribution in [0.1, 0.15) is 22.8 Å². The Kier molecular flexibility index (Phi) is 4.17. The molecule has 0 unspecified atom stereocenters. The maximum absolute atomic E-state index is 10.7. The van der Waals surface area contributed by atoms with Gasteiger partial charge in [-0.15, -0.1) is 0 Å². The molecule has 0 fully saturated rings. The fourth-order valence-electron chi connectivity index (χ4n) is 1.76. The molecule has 7 heteroatoms. The maximum Gasteiger partial charge on any atom is 0.335 e. The van der Waals surface area contributed by atoms with Gasteiger partial charge in [0.05, 0.1) is 17.0 Å². The first-order valence-corrected chi connectivity index (χ1v) is 6.28. The minimum atomic E-state index is -1.02. The van der Waals surface area contributed by atoms with Gasteiger partial charge in [0.2, 0.25) is 5.75 Å². The number of nitrogens with zero attached hydrogens (tertiary/aromatic N) is 1. The van der Waals surface area contributed by atoms with Crippen LogP contribution in [0.4, 0.5) is 5.69 Å². The minimum absolute atomic E-state index is 0.160. The summed E-state index contributed by atoms with van der Waals surface area (Å²) in [6.07, 6.45) is 0. The molecule has 5 N–H and O–H groups in total. The molecule has 0 saturated carbocycles. The smallest absolute Gasteiger partial charge is 0.335 e. The van der Waals surface area contributed by atoms with Crippen LogP contribution in [-0.2, 0) is 0 Å². The molecular formula is C15H14N2O5. The first-order chi connectivity index (χ1) is 10.4. The number of aromatic hydroxyl groups is 3. The van der Waals surface area contributed by atoms with Crippen LogP contribution in [0.5, 0.6) is 17.2 Å². The average molecular weight is 302 g/mol. The molecule has 2 aromatic rings. The third-order valence-corrected chi connectivity index (χ3v) is 3.00. The normalized spacial score (nSPS) is 11.2. The Balaban J connectivity index is 2.19. The maximum atomic E-state index is 10.7. The number of aromatic carboxylic acids is 1. The highest BCUT2D eigenvalue weighted by Gasteiger charge is 2.13. The van der Waals surface area contributed by atoms with Gasteiger partial charge in [0.1, 0.15) is 0 Å². The molecule has 2 rings (SSSR count). The molecule has 0 amide bonds. The molecule has 0 aliphatic carbocycles. The van der Waals surface area contributed by atoms with Crippen molar-refractivity contribution in [2.75, 3.05) is 5.43 Å². The molecule has 0 saturated heterocycles. The zero-order valence-corrected chi connectivity index (χ0v) is 11.6. The van der Waals surface area contributed by atoms with Crippen LogP contribution in [0.15, 0.2) is 41.5 Å². The average Bonchev–Trinajstić information content (AvgIpc) is 2.51. The highest BCUT2D eigenvalue weighted by Crippen LogP contribution is 2.37. The first-order valence-electron chi connectivity index (χ1n) is 6.28. The molecule has 0 bridgehead atoms. The standard InChI is InChI=1S/C15H14N2O5/c1-8(11-6-7-12(18)14(20)13(11)19)16-17-10-4-2-9(3-5-10)15(21)22/h2-7,17-20H,1H3,(H,21,22)/b16-8-. The summed E-state index contributed by atoms with van der Waals surface area (Å²) in [4.78, 5) is 10.7. The van der Waals surface area contributed by atoms with Crippen LogP contribution < -0.4 is 5.43 Å². The van der Waals surface area contributed by atoms with Crippen LogP contribution >= 0.6 is 0 Å². The second-order valence-corrected chi connectivity index (χ2v) is 4.52. The molecule has 0 atom stereocenters. The Morgan fingerprint density at radius 3 is 2.23 bits per heavy atom. The summed E-state index contributed by atoms with van der Waals surface area (Å²) in [7, 11) is 0. The fraction of sp³-hybridized carbons (Fsp3) is 0.0667. The molecule has 0 heterocycles. The summed E-state index contributed by atoms with van der Waals surface area (Å²) >= 11 is 0. The number of benzene rings is 2. The molecule has 2 aromatic carbocycles. The Morgan fingerprint density at radius 1 is 1.00 bits per heavy atom. The lowest BCUT2D eigenvalue weighted by atomic mass is 10.1. The summed E-state index contributed by atoms with van der Waals surface area (Å²) in [5, 5.41) is 41.3. The van der Waals surface area contributed by atoms with Crippen LogP contribution in [0.3, 0.4) is 0 Å². The molecule has 114 valence electrons. The Hall–Kier alpha value is -3.22. The van der Waals surface area contributed by atoms with E-state index in [2.05, 4.69) is 10.5 Å². The van der Waals surface area contributed by atoms with Crippen molar-refractivity contribution < 1.29 is 25.2 Å². The van der Waals surface area contributed by atoms with Crippen molar-refractivity contribution in [1.29, 1.82) is 0 Å². The van der Waals surface area contributed by atoms with Crippen molar-refractivity contribution in [3.63, 3.8) is 0 Å². The number of carboxylic acid groups (broad SMARTS) is 1. The monoisotopic (exact) mass is 302 g/mol. The van der Waals surface area contributed by atoms with Gasteiger partial charge in [-0.3, -0.25) is 5.43 Å². The van der Waals surface area contributed by atoms with E-state index in [1.54, 1.807) is 19.1 Å². The van der Waals surface area contributed by atoms with Gasteiger partial charge in [-0.1, -0.05) is 0 Å². The molecule has 0 spiro atoms. The fourth-order valence-corrected chi connectivity index (χ4v) is 1.76.